The molecule has 1 aromatic heterocycles. The molecule has 0 spiro atoms. The van der Waals surface area contributed by atoms with E-state index in [1.165, 1.54) is 17.8 Å². The molecule has 0 aliphatic carbocycles. The fourth-order valence-corrected chi connectivity index (χ4v) is 2.18. The molecule has 1 aromatic carbocycles. The van der Waals surface area contributed by atoms with Crippen molar-refractivity contribution in [3.05, 3.63) is 51.6 Å². The zero-order valence-corrected chi connectivity index (χ0v) is 12.2. The van der Waals surface area contributed by atoms with Crippen molar-refractivity contribution >= 4 is 33.4 Å². The van der Waals surface area contributed by atoms with Gasteiger partial charge in [-0.1, -0.05) is 17.7 Å². The van der Waals surface area contributed by atoms with Crippen molar-refractivity contribution in [2.75, 3.05) is 5.32 Å². The Bertz CT molecular complexity index is 641. The molecular formula is C14H13BrN2O2. The number of aryl methyl sites for hydroxylation is 2. The number of benzene rings is 1. The second-order valence-corrected chi connectivity index (χ2v) is 5.16. The van der Waals surface area contributed by atoms with Gasteiger partial charge < -0.3 is 10.4 Å². The minimum Gasteiger partial charge on any atom is -0.478 e. The molecular weight excluding hydrogens is 308 g/mol. The van der Waals surface area contributed by atoms with E-state index in [0.29, 0.717) is 10.3 Å². The largest absolute Gasteiger partial charge is 0.478 e. The fourth-order valence-electron chi connectivity index (χ4n) is 1.73. The zero-order valence-electron chi connectivity index (χ0n) is 10.6. The number of pyridine rings is 1. The van der Waals surface area contributed by atoms with Crippen LogP contribution >= 0.6 is 15.9 Å². The molecule has 0 unspecified atom stereocenters. The summed E-state index contributed by atoms with van der Waals surface area (Å²) in [5.74, 6) is -0.400. The number of nitrogens with zero attached hydrogens (tertiary/aromatic N) is 1. The number of nitrogens with one attached hydrogen (secondary N) is 1. The summed E-state index contributed by atoms with van der Waals surface area (Å²) in [5.41, 5.74) is 3.40. The van der Waals surface area contributed by atoms with E-state index in [1.54, 1.807) is 0 Å². The van der Waals surface area contributed by atoms with E-state index in [-0.39, 0.29) is 5.56 Å². The Labute approximate surface area is 119 Å². The molecule has 0 amide bonds. The lowest BCUT2D eigenvalue weighted by Gasteiger charge is -2.11. The van der Waals surface area contributed by atoms with Gasteiger partial charge in [-0.25, -0.2) is 9.78 Å². The van der Waals surface area contributed by atoms with E-state index in [4.69, 9.17) is 5.11 Å². The maximum Gasteiger partial charge on any atom is 0.337 e. The first kappa shape index (κ1) is 13.5. The lowest BCUT2D eigenvalue weighted by atomic mass is 10.1. The maximum atomic E-state index is 10.8. The van der Waals surface area contributed by atoms with Crippen LogP contribution in [0.25, 0.3) is 0 Å². The summed E-state index contributed by atoms with van der Waals surface area (Å²) in [5, 5.41) is 12.1. The summed E-state index contributed by atoms with van der Waals surface area (Å²) in [6.07, 6.45) is 1.33. The van der Waals surface area contributed by atoms with Crippen molar-refractivity contribution in [3.8, 4) is 0 Å². The van der Waals surface area contributed by atoms with E-state index >= 15 is 0 Å². The first-order valence-corrected chi connectivity index (χ1v) is 6.50. The number of aromatic carboxylic acids is 1. The molecule has 2 rings (SSSR count). The third-order valence-corrected chi connectivity index (χ3v) is 3.33. The summed E-state index contributed by atoms with van der Waals surface area (Å²) in [6.45, 7) is 4.04. The lowest BCUT2D eigenvalue weighted by molar-refractivity contribution is 0.0696. The van der Waals surface area contributed by atoms with E-state index < -0.39 is 5.97 Å². The highest BCUT2D eigenvalue weighted by molar-refractivity contribution is 9.10. The van der Waals surface area contributed by atoms with Gasteiger partial charge in [-0.05, 0) is 47.5 Å². The van der Waals surface area contributed by atoms with Crippen molar-refractivity contribution < 1.29 is 9.90 Å². The number of carboxylic acid groups (broad SMARTS) is 1. The summed E-state index contributed by atoms with van der Waals surface area (Å²) in [4.78, 5) is 15.0. The topological polar surface area (TPSA) is 62.2 Å². The summed E-state index contributed by atoms with van der Waals surface area (Å²) < 4.78 is 0.618. The second-order valence-electron chi connectivity index (χ2n) is 4.30. The van der Waals surface area contributed by atoms with Crippen LogP contribution in [0.15, 0.2) is 34.9 Å². The highest BCUT2D eigenvalue weighted by Gasteiger charge is 2.09. The number of rotatable bonds is 3. The molecule has 98 valence electrons. The SMILES string of the molecule is Cc1ccc(Nc2ncc(C(=O)O)cc2Br)c(C)c1. The molecule has 0 bridgehead atoms. The molecule has 0 aliphatic rings. The molecule has 5 heteroatoms. The van der Waals surface area contributed by atoms with Crippen LogP contribution < -0.4 is 5.32 Å². The van der Waals surface area contributed by atoms with Gasteiger partial charge in [0.05, 0.1) is 10.0 Å². The number of hydrogen-bond donors (Lipinski definition) is 2. The number of halogens is 1. The highest BCUT2D eigenvalue weighted by Crippen LogP contribution is 2.26. The van der Waals surface area contributed by atoms with Crippen molar-refractivity contribution in [1.82, 2.24) is 4.98 Å². The van der Waals surface area contributed by atoms with Crippen LogP contribution in [-0.4, -0.2) is 16.1 Å². The van der Waals surface area contributed by atoms with Crippen LogP contribution in [0.3, 0.4) is 0 Å². The van der Waals surface area contributed by atoms with E-state index in [2.05, 4.69) is 32.3 Å². The normalized spacial score (nSPS) is 10.3. The van der Waals surface area contributed by atoms with Gasteiger partial charge in [0.1, 0.15) is 5.82 Å². The third kappa shape index (κ3) is 3.12. The highest BCUT2D eigenvalue weighted by atomic mass is 79.9. The van der Waals surface area contributed by atoms with Gasteiger partial charge >= 0.3 is 5.97 Å². The zero-order chi connectivity index (χ0) is 14.0. The second kappa shape index (κ2) is 5.40. The quantitative estimate of drug-likeness (QED) is 0.900. The molecule has 0 aliphatic heterocycles. The fraction of sp³-hybridized carbons (Fsp3) is 0.143. The number of aromatic nitrogens is 1. The first-order chi connectivity index (χ1) is 8.97. The Hall–Kier alpha value is -1.88. The number of carbonyl (C=O) groups is 1. The van der Waals surface area contributed by atoms with E-state index in [9.17, 15) is 4.79 Å². The predicted molar refractivity (Wildman–Crippen MR) is 78.1 cm³/mol. The van der Waals surface area contributed by atoms with Crippen LogP contribution in [0.2, 0.25) is 0 Å². The molecule has 0 saturated carbocycles. The Morgan fingerprint density at radius 3 is 2.63 bits per heavy atom. The van der Waals surface area contributed by atoms with E-state index in [1.807, 2.05) is 26.0 Å². The minimum absolute atomic E-state index is 0.151. The first-order valence-electron chi connectivity index (χ1n) is 5.70. The molecule has 2 N–H and O–H groups in total. The molecule has 0 atom stereocenters. The van der Waals surface area contributed by atoms with Crippen LogP contribution in [0.4, 0.5) is 11.5 Å². The van der Waals surface area contributed by atoms with Crippen molar-refractivity contribution in [2.24, 2.45) is 0 Å². The van der Waals surface area contributed by atoms with Crippen molar-refractivity contribution in [2.45, 2.75) is 13.8 Å². The van der Waals surface area contributed by atoms with Crippen LogP contribution in [0, 0.1) is 13.8 Å². The Kier molecular flexibility index (Phi) is 3.85. The average Bonchev–Trinajstić information content (AvgIpc) is 2.34. The Balaban J connectivity index is 2.31. The predicted octanol–water partition coefficient (Wildman–Crippen LogP) is 3.90. The van der Waals surface area contributed by atoms with Gasteiger partial charge in [0.25, 0.3) is 0 Å². The van der Waals surface area contributed by atoms with Crippen molar-refractivity contribution in [3.63, 3.8) is 0 Å². The molecule has 0 saturated heterocycles. The summed E-state index contributed by atoms with van der Waals surface area (Å²) in [6, 6.07) is 7.59. The monoisotopic (exact) mass is 320 g/mol. The molecule has 0 radical (unpaired) electrons. The molecule has 19 heavy (non-hydrogen) atoms. The average molecular weight is 321 g/mol. The molecule has 1 heterocycles. The van der Waals surface area contributed by atoms with Gasteiger partial charge in [-0.3, -0.25) is 0 Å². The van der Waals surface area contributed by atoms with Gasteiger partial charge in [-0.15, -0.1) is 0 Å². The molecule has 2 aromatic rings. The number of anilines is 2. The Morgan fingerprint density at radius 1 is 1.32 bits per heavy atom. The van der Waals surface area contributed by atoms with Gasteiger partial charge in [0.2, 0.25) is 0 Å². The molecule has 0 fully saturated rings. The smallest absolute Gasteiger partial charge is 0.337 e. The summed E-state index contributed by atoms with van der Waals surface area (Å²) >= 11 is 3.32. The minimum atomic E-state index is -0.994. The van der Waals surface area contributed by atoms with Gasteiger partial charge in [0.15, 0.2) is 0 Å². The van der Waals surface area contributed by atoms with Crippen LogP contribution in [0.1, 0.15) is 21.5 Å². The van der Waals surface area contributed by atoms with Crippen LogP contribution in [0.5, 0.6) is 0 Å². The number of carboxylic acids is 1. The third-order valence-electron chi connectivity index (χ3n) is 2.72. The summed E-state index contributed by atoms with van der Waals surface area (Å²) in [7, 11) is 0. The Morgan fingerprint density at radius 2 is 2.05 bits per heavy atom. The molecule has 4 nitrogen and oxygen atoms in total. The van der Waals surface area contributed by atoms with E-state index in [0.717, 1.165) is 11.3 Å². The van der Waals surface area contributed by atoms with Crippen LogP contribution in [-0.2, 0) is 0 Å². The van der Waals surface area contributed by atoms with Gasteiger partial charge in [-0.2, -0.15) is 0 Å². The lowest BCUT2D eigenvalue weighted by Crippen LogP contribution is -2.01. The maximum absolute atomic E-state index is 10.8. The standard InChI is InChI=1S/C14H13BrN2O2/c1-8-3-4-12(9(2)5-8)17-13-11(15)6-10(7-16-13)14(18)19/h3-7H,1-2H3,(H,16,17)(H,18,19). The van der Waals surface area contributed by atoms with Crippen molar-refractivity contribution in [1.29, 1.82) is 0 Å². The number of hydrogen-bond acceptors (Lipinski definition) is 3. The van der Waals surface area contributed by atoms with Gasteiger partial charge in [0, 0.05) is 11.9 Å².